The average Bonchev–Trinajstić information content (AvgIpc) is 3.34. The molecule has 1 fully saturated rings. The Kier molecular flexibility index (Phi) is 6.49. The number of rotatable bonds is 6. The lowest BCUT2D eigenvalue weighted by molar-refractivity contribution is 0.168. The van der Waals surface area contributed by atoms with Crippen molar-refractivity contribution in [2.45, 2.75) is 6.04 Å². The second kappa shape index (κ2) is 10.0. The minimum Gasteiger partial charge on any atom is -0.454 e. The van der Waals surface area contributed by atoms with Gasteiger partial charge < -0.3 is 24.4 Å². The van der Waals surface area contributed by atoms with Crippen LogP contribution >= 0.6 is 0 Å². The van der Waals surface area contributed by atoms with Gasteiger partial charge in [0.25, 0.3) is 0 Å². The van der Waals surface area contributed by atoms with Crippen molar-refractivity contribution in [1.82, 2.24) is 10.2 Å². The first-order valence-electron chi connectivity index (χ1n) is 11.3. The van der Waals surface area contributed by atoms with Gasteiger partial charge in [0.05, 0.1) is 6.04 Å². The Bertz CT molecular complexity index is 1120. The molecule has 1 atom stereocenters. The van der Waals surface area contributed by atoms with E-state index in [1.165, 1.54) is 12.1 Å². The molecule has 2 aliphatic heterocycles. The molecule has 1 N–H and O–H groups in total. The molecule has 1 amide bonds. The summed E-state index contributed by atoms with van der Waals surface area (Å²) in [4.78, 5) is 17.0. The lowest BCUT2D eigenvalue weighted by atomic mass is 10.0. The molecule has 0 saturated carbocycles. The highest BCUT2D eigenvalue weighted by molar-refractivity contribution is 5.70. The molecule has 0 aromatic heterocycles. The monoisotopic (exact) mass is 463 g/mol. The summed E-state index contributed by atoms with van der Waals surface area (Å²) < 4.78 is 29.7. The fraction of sp³-hybridized carbons (Fsp3) is 0.269. The summed E-state index contributed by atoms with van der Waals surface area (Å²) in [5, 5.41) is 2.91. The Balaban J connectivity index is 1.28. The molecule has 176 valence electrons. The van der Waals surface area contributed by atoms with Gasteiger partial charge >= 0.3 is 6.09 Å². The lowest BCUT2D eigenvalue weighted by Crippen LogP contribution is -2.50. The van der Waals surface area contributed by atoms with E-state index in [2.05, 4.69) is 15.1 Å². The number of nitrogens with one attached hydrogen (secondary N) is 1. The molecule has 0 radical (unpaired) electrons. The Labute approximate surface area is 197 Å². The van der Waals surface area contributed by atoms with Crippen molar-refractivity contribution in [2.24, 2.45) is 0 Å². The quantitative estimate of drug-likeness (QED) is 0.591. The van der Waals surface area contributed by atoms with E-state index < -0.39 is 6.09 Å². The minimum absolute atomic E-state index is 0.0757. The third-order valence-corrected chi connectivity index (χ3v) is 6.12. The first-order valence-corrected chi connectivity index (χ1v) is 11.3. The molecule has 8 heteroatoms. The average molecular weight is 464 g/mol. The molecule has 1 saturated heterocycles. The van der Waals surface area contributed by atoms with Crippen LogP contribution in [0, 0.1) is 5.82 Å². The van der Waals surface area contributed by atoms with Gasteiger partial charge in [-0.05, 0) is 54.1 Å². The Hall–Kier alpha value is -3.78. The van der Waals surface area contributed by atoms with E-state index in [0.29, 0.717) is 18.0 Å². The van der Waals surface area contributed by atoms with Crippen molar-refractivity contribution in [3.05, 3.63) is 84.2 Å². The third kappa shape index (κ3) is 5.07. The van der Waals surface area contributed by atoms with Crippen LogP contribution in [0.1, 0.15) is 11.6 Å². The third-order valence-electron chi connectivity index (χ3n) is 6.12. The summed E-state index contributed by atoms with van der Waals surface area (Å²) in [5.74, 6) is 1.69. The van der Waals surface area contributed by atoms with Crippen LogP contribution in [0.4, 0.5) is 14.9 Å². The number of halogens is 1. The number of benzene rings is 3. The maximum atomic E-state index is 13.3. The highest BCUT2D eigenvalue weighted by atomic mass is 19.1. The molecule has 0 spiro atoms. The zero-order valence-corrected chi connectivity index (χ0v) is 18.7. The van der Waals surface area contributed by atoms with Gasteiger partial charge in [0, 0.05) is 38.4 Å². The molecule has 0 unspecified atom stereocenters. The number of piperazine rings is 1. The Morgan fingerprint density at radius 3 is 2.44 bits per heavy atom. The van der Waals surface area contributed by atoms with Crippen LogP contribution in [0.2, 0.25) is 0 Å². The van der Waals surface area contributed by atoms with E-state index >= 15 is 0 Å². The summed E-state index contributed by atoms with van der Waals surface area (Å²) in [6, 6.07) is 21.4. The second-order valence-corrected chi connectivity index (χ2v) is 8.21. The fourth-order valence-corrected chi connectivity index (χ4v) is 4.33. The summed E-state index contributed by atoms with van der Waals surface area (Å²) in [5.41, 5.74) is 2.03. The van der Waals surface area contributed by atoms with Gasteiger partial charge in [0.15, 0.2) is 11.5 Å². The fourth-order valence-electron chi connectivity index (χ4n) is 4.33. The van der Waals surface area contributed by atoms with Gasteiger partial charge in [0.1, 0.15) is 11.6 Å². The highest BCUT2D eigenvalue weighted by Gasteiger charge is 2.27. The maximum absolute atomic E-state index is 13.3. The number of ether oxygens (including phenoxy) is 3. The van der Waals surface area contributed by atoms with E-state index in [9.17, 15) is 9.18 Å². The molecule has 2 aliphatic rings. The van der Waals surface area contributed by atoms with Crippen LogP contribution in [-0.2, 0) is 0 Å². The number of fused-ring (bicyclic) bond motifs is 1. The topological polar surface area (TPSA) is 63.3 Å². The number of amides is 1. The number of anilines is 1. The van der Waals surface area contributed by atoms with E-state index in [4.69, 9.17) is 14.2 Å². The molecule has 0 bridgehead atoms. The van der Waals surface area contributed by atoms with Gasteiger partial charge in [-0.3, -0.25) is 4.90 Å². The minimum atomic E-state index is -0.498. The summed E-state index contributed by atoms with van der Waals surface area (Å²) in [6.07, 6.45) is -0.498. The number of hydrogen-bond acceptors (Lipinski definition) is 6. The highest BCUT2D eigenvalue weighted by Crippen LogP contribution is 2.35. The van der Waals surface area contributed by atoms with Gasteiger partial charge in [0.2, 0.25) is 6.79 Å². The van der Waals surface area contributed by atoms with Crippen LogP contribution in [-0.4, -0.2) is 50.5 Å². The van der Waals surface area contributed by atoms with Crippen LogP contribution in [0.25, 0.3) is 0 Å². The smallest absolute Gasteiger partial charge is 0.412 e. The van der Waals surface area contributed by atoms with Crippen LogP contribution in [0.15, 0.2) is 72.8 Å². The SMILES string of the molecule is O=C(NC[C@@H](c1ccc2c(c1)OCO2)N1CCN(c2ccc(F)cc2)CC1)Oc1ccccc1. The predicted molar refractivity (Wildman–Crippen MR) is 126 cm³/mol. The standard InChI is InChI=1S/C26H26FN3O4/c27-20-7-9-21(10-8-20)29-12-14-30(15-13-29)23(19-6-11-24-25(16-19)33-18-32-24)17-28-26(31)34-22-4-2-1-3-5-22/h1-11,16,23H,12-15,17-18H2,(H,28,31)/t23-/m0/s1. The molecule has 2 heterocycles. The molecule has 3 aromatic rings. The molecular weight excluding hydrogens is 437 g/mol. The molecule has 34 heavy (non-hydrogen) atoms. The normalized spacial score (nSPS) is 16.2. The molecule has 5 rings (SSSR count). The second-order valence-electron chi connectivity index (χ2n) is 8.21. The van der Waals surface area contributed by atoms with E-state index in [1.54, 1.807) is 24.3 Å². The van der Waals surface area contributed by atoms with Crippen molar-refractivity contribution >= 4 is 11.8 Å². The summed E-state index contributed by atoms with van der Waals surface area (Å²) >= 11 is 0. The molecule has 0 aliphatic carbocycles. The number of para-hydroxylation sites is 1. The van der Waals surface area contributed by atoms with Crippen molar-refractivity contribution in [2.75, 3.05) is 44.4 Å². The zero-order valence-electron chi connectivity index (χ0n) is 18.7. The Morgan fingerprint density at radius 2 is 1.68 bits per heavy atom. The largest absolute Gasteiger partial charge is 0.454 e. The lowest BCUT2D eigenvalue weighted by Gasteiger charge is -2.40. The van der Waals surface area contributed by atoms with E-state index in [0.717, 1.165) is 43.2 Å². The summed E-state index contributed by atoms with van der Waals surface area (Å²) in [6.45, 7) is 3.74. The van der Waals surface area contributed by atoms with Crippen LogP contribution < -0.4 is 24.4 Å². The van der Waals surface area contributed by atoms with Crippen LogP contribution in [0.3, 0.4) is 0 Å². The first-order chi connectivity index (χ1) is 16.7. The Morgan fingerprint density at radius 1 is 0.941 bits per heavy atom. The van der Waals surface area contributed by atoms with Crippen molar-refractivity contribution in [1.29, 1.82) is 0 Å². The van der Waals surface area contributed by atoms with Gasteiger partial charge in [-0.1, -0.05) is 24.3 Å². The van der Waals surface area contributed by atoms with E-state index in [1.807, 2.05) is 36.4 Å². The number of hydrogen-bond donors (Lipinski definition) is 1. The predicted octanol–water partition coefficient (Wildman–Crippen LogP) is 4.21. The first kappa shape index (κ1) is 22.0. The number of nitrogens with zero attached hydrogens (tertiary/aromatic N) is 2. The molecule has 7 nitrogen and oxygen atoms in total. The van der Waals surface area contributed by atoms with Crippen molar-refractivity contribution in [3.63, 3.8) is 0 Å². The summed E-state index contributed by atoms with van der Waals surface area (Å²) in [7, 11) is 0. The number of carbonyl (C=O) groups excluding carboxylic acids is 1. The van der Waals surface area contributed by atoms with Gasteiger partial charge in [-0.25, -0.2) is 9.18 Å². The zero-order chi connectivity index (χ0) is 23.3. The maximum Gasteiger partial charge on any atom is 0.412 e. The van der Waals surface area contributed by atoms with Gasteiger partial charge in [-0.15, -0.1) is 0 Å². The van der Waals surface area contributed by atoms with E-state index in [-0.39, 0.29) is 18.7 Å². The van der Waals surface area contributed by atoms with Crippen molar-refractivity contribution in [3.8, 4) is 17.2 Å². The molecular formula is C26H26FN3O4. The number of carbonyl (C=O) groups is 1. The molecule has 3 aromatic carbocycles. The van der Waals surface area contributed by atoms with Gasteiger partial charge in [-0.2, -0.15) is 0 Å². The van der Waals surface area contributed by atoms with Crippen molar-refractivity contribution < 1.29 is 23.4 Å². The van der Waals surface area contributed by atoms with Crippen LogP contribution in [0.5, 0.6) is 17.2 Å².